The molecular formula is C25H27FN2O3. The maximum Gasteiger partial charge on any atom is 0.257 e. The van der Waals surface area contributed by atoms with Gasteiger partial charge < -0.3 is 14.8 Å². The lowest BCUT2D eigenvalue weighted by Gasteiger charge is -2.13. The van der Waals surface area contributed by atoms with Gasteiger partial charge in [-0.3, -0.25) is 9.78 Å². The summed E-state index contributed by atoms with van der Waals surface area (Å²) in [6.45, 7) is 6.64. The van der Waals surface area contributed by atoms with Gasteiger partial charge in [0, 0.05) is 36.5 Å². The predicted octanol–water partition coefficient (Wildman–Crippen LogP) is 5.93. The Balaban J connectivity index is 1.66. The molecule has 6 heteroatoms. The van der Waals surface area contributed by atoms with Crippen molar-refractivity contribution in [1.82, 2.24) is 4.98 Å². The number of nitrogens with one attached hydrogen (secondary N) is 1. The van der Waals surface area contributed by atoms with Crippen LogP contribution in [0.3, 0.4) is 0 Å². The molecule has 0 aliphatic carbocycles. The highest BCUT2D eigenvalue weighted by molar-refractivity contribution is 6.05. The topological polar surface area (TPSA) is 60.5 Å². The van der Waals surface area contributed by atoms with E-state index >= 15 is 0 Å². The lowest BCUT2D eigenvalue weighted by atomic mass is 10.1. The first-order chi connectivity index (χ1) is 14.9. The average Bonchev–Trinajstić information content (AvgIpc) is 2.72. The number of anilines is 1. The Morgan fingerprint density at radius 2 is 1.84 bits per heavy atom. The molecule has 0 bridgehead atoms. The predicted molar refractivity (Wildman–Crippen MR) is 119 cm³/mol. The van der Waals surface area contributed by atoms with Crippen LogP contribution in [0.4, 0.5) is 10.1 Å². The fraction of sp³-hybridized carbons (Fsp3) is 0.280. The second-order valence-corrected chi connectivity index (χ2v) is 7.36. The molecule has 31 heavy (non-hydrogen) atoms. The highest BCUT2D eigenvalue weighted by atomic mass is 19.1. The molecular weight excluding hydrogens is 395 g/mol. The Morgan fingerprint density at radius 1 is 1.10 bits per heavy atom. The second kappa shape index (κ2) is 10.7. The number of aromatic nitrogens is 1. The molecule has 3 aromatic rings. The molecule has 5 nitrogen and oxygen atoms in total. The normalized spacial score (nSPS) is 11.7. The van der Waals surface area contributed by atoms with Crippen molar-refractivity contribution in [3.63, 3.8) is 0 Å². The van der Waals surface area contributed by atoms with Crippen LogP contribution in [0, 0.1) is 12.7 Å². The van der Waals surface area contributed by atoms with Crippen molar-refractivity contribution in [2.75, 3.05) is 11.9 Å². The van der Waals surface area contributed by atoms with E-state index in [4.69, 9.17) is 9.47 Å². The van der Waals surface area contributed by atoms with Gasteiger partial charge in [0.05, 0.1) is 17.4 Å². The molecule has 1 atom stereocenters. The Labute approximate surface area is 182 Å². The first-order valence-corrected chi connectivity index (χ1v) is 10.4. The highest BCUT2D eigenvalue weighted by Crippen LogP contribution is 2.25. The number of rotatable bonds is 9. The Hall–Kier alpha value is -3.25. The van der Waals surface area contributed by atoms with E-state index in [1.54, 1.807) is 42.5 Å². The van der Waals surface area contributed by atoms with Gasteiger partial charge in [0.2, 0.25) is 0 Å². The molecule has 162 valence electrons. The summed E-state index contributed by atoms with van der Waals surface area (Å²) in [7, 11) is 0. The number of amides is 1. The van der Waals surface area contributed by atoms with Crippen molar-refractivity contribution in [2.24, 2.45) is 0 Å². The number of aryl methyl sites for hydroxylation is 1. The van der Waals surface area contributed by atoms with Crippen LogP contribution in [0.25, 0.3) is 0 Å². The minimum atomic E-state index is -0.375. The van der Waals surface area contributed by atoms with Crippen LogP contribution >= 0.6 is 0 Å². The third kappa shape index (κ3) is 6.62. The summed E-state index contributed by atoms with van der Waals surface area (Å²) in [6.07, 6.45) is 1.75. The monoisotopic (exact) mass is 422 g/mol. The first kappa shape index (κ1) is 22.4. The molecule has 1 heterocycles. The zero-order chi connectivity index (χ0) is 22.2. The summed E-state index contributed by atoms with van der Waals surface area (Å²) in [5, 5.41) is 2.87. The molecule has 0 aliphatic heterocycles. The van der Waals surface area contributed by atoms with E-state index < -0.39 is 0 Å². The van der Waals surface area contributed by atoms with Crippen LogP contribution in [-0.4, -0.2) is 23.6 Å². The molecule has 1 unspecified atom stereocenters. The van der Waals surface area contributed by atoms with Crippen molar-refractivity contribution in [3.8, 4) is 11.5 Å². The number of hydrogen-bond donors (Lipinski definition) is 1. The van der Waals surface area contributed by atoms with E-state index in [2.05, 4.69) is 17.2 Å². The number of carbonyl (C=O) groups excluding carboxylic acids is 1. The van der Waals surface area contributed by atoms with Gasteiger partial charge in [-0.2, -0.15) is 0 Å². The number of hydrogen-bond acceptors (Lipinski definition) is 4. The summed E-state index contributed by atoms with van der Waals surface area (Å²) >= 11 is 0. The number of ether oxygens (including phenoxy) is 2. The van der Waals surface area contributed by atoms with Gasteiger partial charge in [0.1, 0.15) is 17.3 Å². The summed E-state index contributed by atoms with van der Waals surface area (Å²) in [5.74, 6) is 0.250. The van der Waals surface area contributed by atoms with Gasteiger partial charge in [-0.05, 0) is 56.7 Å². The van der Waals surface area contributed by atoms with E-state index in [1.807, 2.05) is 19.9 Å². The van der Waals surface area contributed by atoms with Crippen molar-refractivity contribution in [2.45, 2.75) is 39.7 Å². The summed E-state index contributed by atoms with van der Waals surface area (Å²) in [6, 6.07) is 16.5. The van der Waals surface area contributed by atoms with Gasteiger partial charge in [0.25, 0.3) is 5.91 Å². The second-order valence-electron chi connectivity index (χ2n) is 7.36. The minimum Gasteiger partial charge on any atom is -0.457 e. The number of pyridine rings is 1. The molecule has 1 aromatic heterocycles. The highest BCUT2D eigenvalue weighted by Gasteiger charge is 2.13. The lowest BCUT2D eigenvalue weighted by molar-refractivity contribution is 0.0663. The summed E-state index contributed by atoms with van der Waals surface area (Å²) < 4.78 is 24.7. The fourth-order valence-corrected chi connectivity index (χ4v) is 3.14. The largest absolute Gasteiger partial charge is 0.457 e. The smallest absolute Gasteiger partial charge is 0.257 e. The third-order valence-corrected chi connectivity index (χ3v) is 4.61. The van der Waals surface area contributed by atoms with Crippen molar-refractivity contribution in [1.29, 1.82) is 0 Å². The molecule has 2 aromatic carbocycles. The fourth-order valence-electron chi connectivity index (χ4n) is 3.14. The number of carbonyl (C=O) groups is 1. The zero-order valence-electron chi connectivity index (χ0n) is 18.0. The summed E-state index contributed by atoms with van der Waals surface area (Å²) in [5.41, 5.74) is 2.62. The molecule has 0 saturated carbocycles. The molecule has 1 N–H and O–H groups in total. The van der Waals surface area contributed by atoms with Crippen LogP contribution in [0.2, 0.25) is 0 Å². The maximum absolute atomic E-state index is 13.3. The molecule has 0 saturated heterocycles. The van der Waals surface area contributed by atoms with Crippen LogP contribution in [0.1, 0.15) is 42.0 Å². The molecule has 1 amide bonds. The van der Waals surface area contributed by atoms with E-state index in [1.165, 1.54) is 12.1 Å². The minimum absolute atomic E-state index is 0.0763. The Kier molecular flexibility index (Phi) is 7.73. The Bertz CT molecular complexity index is 1040. The number of halogens is 1. The molecule has 0 aliphatic rings. The van der Waals surface area contributed by atoms with Crippen molar-refractivity contribution in [3.05, 3.63) is 83.4 Å². The SMILES string of the molecule is CCCOC(C)Cc1ccc(C(=O)Nc2cccc(Oc3cccc(F)c3)c2)c(C)n1. The van der Waals surface area contributed by atoms with Crippen LogP contribution in [-0.2, 0) is 11.2 Å². The molecule has 0 fully saturated rings. The number of benzene rings is 2. The Morgan fingerprint density at radius 3 is 2.55 bits per heavy atom. The quantitative estimate of drug-likeness (QED) is 0.464. The van der Waals surface area contributed by atoms with Crippen LogP contribution in [0.15, 0.2) is 60.7 Å². The first-order valence-electron chi connectivity index (χ1n) is 10.4. The molecule has 0 spiro atoms. The van der Waals surface area contributed by atoms with Gasteiger partial charge in [-0.25, -0.2) is 4.39 Å². The van der Waals surface area contributed by atoms with E-state index in [0.717, 1.165) is 18.7 Å². The number of nitrogens with zero attached hydrogens (tertiary/aromatic N) is 1. The maximum atomic E-state index is 13.3. The van der Waals surface area contributed by atoms with Crippen LogP contribution in [0.5, 0.6) is 11.5 Å². The zero-order valence-corrected chi connectivity index (χ0v) is 18.0. The molecule has 3 rings (SSSR count). The van der Waals surface area contributed by atoms with Crippen molar-refractivity contribution >= 4 is 11.6 Å². The molecule has 0 radical (unpaired) electrons. The van der Waals surface area contributed by atoms with Crippen LogP contribution < -0.4 is 10.1 Å². The van der Waals surface area contributed by atoms with Gasteiger partial charge in [-0.15, -0.1) is 0 Å². The average molecular weight is 423 g/mol. The van der Waals surface area contributed by atoms with Gasteiger partial charge in [0.15, 0.2) is 0 Å². The van der Waals surface area contributed by atoms with E-state index in [9.17, 15) is 9.18 Å². The van der Waals surface area contributed by atoms with E-state index in [-0.39, 0.29) is 17.8 Å². The third-order valence-electron chi connectivity index (χ3n) is 4.61. The standard InChI is InChI=1S/C25H27FN2O3/c1-4-13-30-17(2)14-21-11-12-24(18(3)27-21)25(29)28-20-8-6-10-23(16-20)31-22-9-5-7-19(26)15-22/h5-12,15-17H,4,13-14H2,1-3H3,(H,28,29). The summed E-state index contributed by atoms with van der Waals surface area (Å²) in [4.78, 5) is 17.3. The lowest BCUT2D eigenvalue weighted by Crippen LogP contribution is -2.16. The van der Waals surface area contributed by atoms with Crippen molar-refractivity contribution < 1.29 is 18.7 Å². The van der Waals surface area contributed by atoms with E-state index in [0.29, 0.717) is 34.9 Å². The van der Waals surface area contributed by atoms with Gasteiger partial charge >= 0.3 is 0 Å². The van der Waals surface area contributed by atoms with Gasteiger partial charge in [-0.1, -0.05) is 19.1 Å².